The number of allylic oxidation sites excluding steroid dienone is 1. The third-order valence-corrected chi connectivity index (χ3v) is 3.94. The first-order valence-electron chi connectivity index (χ1n) is 7.64. The van der Waals surface area contributed by atoms with Crippen molar-refractivity contribution in [1.29, 1.82) is 0 Å². The molecule has 0 saturated heterocycles. The van der Waals surface area contributed by atoms with Crippen molar-refractivity contribution in [3.05, 3.63) is 83.2 Å². The minimum absolute atomic E-state index is 0.161. The number of hydrogen-bond acceptors (Lipinski definition) is 1. The van der Waals surface area contributed by atoms with Gasteiger partial charge in [0.2, 0.25) is 0 Å². The predicted molar refractivity (Wildman–Crippen MR) is 94.5 cm³/mol. The molecule has 0 aromatic heterocycles. The molecule has 2 heteroatoms. The Morgan fingerprint density at radius 2 is 1.78 bits per heavy atom. The molecule has 3 aromatic carbocycles. The summed E-state index contributed by atoms with van der Waals surface area (Å²) in [5, 5.41) is 2.28. The molecule has 3 aromatic rings. The quantitative estimate of drug-likeness (QED) is 0.600. The monoisotopic (exact) mass is 306 g/mol. The van der Waals surface area contributed by atoms with Gasteiger partial charge < -0.3 is 4.74 Å². The van der Waals surface area contributed by atoms with Gasteiger partial charge in [-0.1, -0.05) is 48.5 Å². The smallest absolute Gasteiger partial charge is 0.122 e. The highest BCUT2D eigenvalue weighted by Gasteiger charge is 2.04. The maximum Gasteiger partial charge on any atom is 0.122 e. The second-order valence-corrected chi connectivity index (χ2v) is 5.68. The Hall–Kier alpha value is -2.61. The van der Waals surface area contributed by atoms with E-state index in [0.29, 0.717) is 0 Å². The average Bonchev–Trinajstić information content (AvgIpc) is 2.56. The van der Waals surface area contributed by atoms with Crippen LogP contribution >= 0.6 is 0 Å². The second kappa shape index (κ2) is 6.66. The molecule has 116 valence electrons. The maximum atomic E-state index is 14.3. The van der Waals surface area contributed by atoms with E-state index >= 15 is 0 Å². The number of ether oxygens (including phenoxy) is 1. The van der Waals surface area contributed by atoms with E-state index in [0.717, 1.165) is 33.2 Å². The molecule has 23 heavy (non-hydrogen) atoms. The van der Waals surface area contributed by atoms with E-state index in [9.17, 15) is 4.39 Å². The van der Waals surface area contributed by atoms with Crippen LogP contribution in [-0.2, 0) is 6.42 Å². The Labute approximate surface area is 136 Å². The van der Waals surface area contributed by atoms with Crippen molar-refractivity contribution in [2.75, 3.05) is 7.11 Å². The molecule has 0 heterocycles. The molecule has 3 rings (SSSR count). The normalized spacial score (nSPS) is 11.7. The molecule has 0 atom stereocenters. The summed E-state index contributed by atoms with van der Waals surface area (Å²) in [6, 6.07) is 19.8. The second-order valence-electron chi connectivity index (χ2n) is 5.68. The molecule has 0 bridgehead atoms. The summed E-state index contributed by atoms with van der Waals surface area (Å²) in [6.07, 6.45) is 1.86. The topological polar surface area (TPSA) is 9.23 Å². The van der Waals surface area contributed by atoms with Crippen LogP contribution in [0.1, 0.15) is 16.7 Å². The summed E-state index contributed by atoms with van der Waals surface area (Å²) < 4.78 is 19.6. The van der Waals surface area contributed by atoms with E-state index in [1.807, 2.05) is 61.5 Å². The fourth-order valence-electron chi connectivity index (χ4n) is 2.70. The summed E-state index contributed by atoms with van der Waals surface area (Å²) in [7, 11) is 1.63. The predicted octanol–water partition coefficient (Wildman–Crippen LogP) is 5.71. The van der Waals surface area contributed by atoms with Gasteiger partial charge in [-0.05, 0) is 52.6 Å². The van der Waals surface area contributed by atoms with Crippen LogP contribution < -0.4 is 4.74 Å². The highest BCUT2D eigenvalue weighted by molar-refractivity contribution is 5.84. The zero-order valence-corrected chi connectivity index (χ0v) is 13.3. The standard InChI is InChI=1S/C21H19FO/c1-15-7-8-17(14-21(15)23-2)13-20(22)12-16-9-10-18-5-3-4-6-19(18)11-16/h3-12,14H,13H2,1-2H3/b20-12-. The molecule has 0 aliphatic carbocycles. The summed E-state index contributed by atoms with van der Waals surface area (Å²) in [5.41, 5.74) is 2.83. The van der Waals surface area contributed by atoms with Gasteiger partial charge in [-0.15, -0.1) is 0 Å². The van der Waals surface area contributed by atoms with Crippen molar-refractivity contribution in [2.24, 2.45) is 0 Å². The summed E-state index contributed by atoms with van der Waals surface area (Å²) in [6.45, 7) is 1.98. The van der Waals surface area contributed by atoms with Gasteiger partial charge in [0.05, 0.1) is 7.11 Å². The van der Waals surface area contributed by atoms with E-state index < -0.39 is 0 Å². The van der Waals surface area contributed by atoms with E-state index in [4.69, 9.17) is 4.74 Å². The van der Waals surface area contributed by atoms with Crippen LogP contribution in [0.5, 0.6) is 5.75 Å². The van der Waals surface area contributed by atoms with Crippen molar-refractivity contribution in [1.82, 2.24) is 0 Å². The Morgan fingerprint density at radius 1 is 1.00 bits per heavy atom. The van der Waals surface area contributed by atoms with Crippen LogP contribution in [0.15, 0.2) is 66.5 Å². The van der Waals surface area contributed by atoms with Crippen molar-refractivity contribution in [3.8, 4) is 5.75 Å². The minimum atomic E-state index is -0.161. The molecule has 0 amide bonds. The highest BCUT2D eigenvalue weighted by atomic mass is 19.1. The zero-order valence-electron chi connectivity index (χ0n) is 13.3. The number of halogens is 1. The lowest BCUT2D eigenvalue weighted by Gasteiger charge is -2.07. The van der Waals surface area contributed by atoms with E-state index in [2.05, 4.69) is 6.07 Å². The van der Waals surface area contributed by atoms with Crippen molar-refractivity contribution in [3.63, 3.8) is 0 Å². The third kappa shape index (κ3) is 3.59. The van der Waals surface area contributed by atoms with Crippen LogP contribution in [-0.4, -0.2) is 7.11 Å². The van der Waals surface area contributed by atoms with Gasteiger partial charge in [0.25, 0.3) is 0 Å². The van der Waals surface area contributed by atoms with Gasteiger partial charge in [0, 0.05) is 6.42 Å². The SMILES string of the molecule is COc1cc(C/C(F)=C/c2ccc3ccccc3c2)ccc1C. The maximum absolute atomic E-state index is 14.3. The Balaban J connectivity index is 1.83. The Kier molecular flexibility index (Phi) is 4.42. The molecule has 0 radical (unpaired) electrons. The lowest BCUT2D eigenvalue weighted by atomic mass is 10.0. The third-order valence-electron chi connectivity index (χ3n) is 3.94. The van der Waals surface area contributed by atoms with Crippen LogP contribution in [0.2, 0.25) is 0 Å². The average molecular weight is 306 g/mol. The molecule has 0 aliphatic rings. The van der Waals surface area contributed by atoms with Gasteiger partial charge in [0.15, 0.2) is 0 Å². The first-order valence-corrected chi connectivity index (χ1v) is 7.64. The highest BCUT2D eigenvalue weighted by Crippen LogP contribution is 2.23. The molecule has 0 spiro atoms. The number of rotatable bonds is 4. The van der Waals surface area contributed by atoms with Gasteiger partial charge in [-0.3, -0.25) is 0 Å². The van der Waals surface area contributed by atoms with E-state index in [1.54, 1.807) is 13.2 Å². The fraction of sp³-hybridized carbons (Fsp3) is 0.143. The molecular formula is C21H19FO. The zero-order chi connectivity index (χ0) is 16.2. The van der Waals surface area contributed by atoms with Gasteiger partial charge in [-0.2, -0.15) is 0 Å². The number of benzene rings is 3. The Bertz CT molecular complexity index is 865. The van der Waals surface area contributed by atoms with E-state index in [-0.39, 0.29) is 12.2 Å². The van der Waals surface area contributed by atoms with Crippen LogP contribution in [0.3, 0.4) is 0 Å². The van der Waals surface area contributed by atoms with E-state index in [1.165, 1.54) is 0 Å². The summed E-state index contributed by atoms with van der Waals surface area (Å²) >= 11 is 0. The molecule has 0 saturated carbocycles. The van der Waals surface area contributed by atoms with Gasteiger partial charge in [0.1, 0.15) is 11.6 Å². The number of aryl methyl sites for hydroxylation is 1. The summed E-state index contributed by atoms with van der Waals surface area (Å²) in [4.78, 5) is 0. The van der Waals surface area contributed by atoms with Gasteiger partial charge in [-0.25, -0.2) is 4.39 Å². The molecule has 0 aliphatic heterocycles. The Morgan fingerprint density at radius 3 is 2.57 bits per heavy atom. The number of methoxy groups -OCH3 is 1. The first-order chi connectivity index (χ1) is 11.2. The minimum Gasteiger partial charge on any atom is -0.496 e. The fourth-order valence-corrected chi connectivity index (χ4v) is 2.70. The molecule has 0 unspecified atom stereocenters. The lowest BCUT2D eigenvalue weighted by molar-refractivity contribution is 0.411. The van der Waals surface area contributed by atoms with Crippen LogP contribution in [0, 0.1) is 6.92 Å². The molecule has 0 N–H and O–H groups in total. The van der Waals surface area contributed by atoms with Crippen LogP contribution in [0.25, 0.3) is 16.8 Å². The van der Waals surface area contributed by atoms with Gasteiger partial charge >= 0.3 is 0 Å². The van der Waals surface area contributed by atoms with Crippen LogP contribution in [0.4, 0.5) is 4.39 Å². The molecule has 0 fully saturated rings. The lowest BCUT2D eigenvalue weighted by Crippen LogP contribution is -1.91. The number of hydrogen-bond donors (Lipinski definition) is 0. The largest absolute Gasteiger partial charge is 0.496 e. The molecular weight excluding hydrogens is 287 g/mol. The number of fused-ring (bicyclic) bond motifs is 1. The molecule has 1 nitrogen and oxygen atoms in total. The van der Waals surface area contributed by atoms with Crippen molar-refractivity contribution in [2.45, 2.75) is 13.3 Å². The summed E-state index contributed by atoms with van der Waals surface area (Å²) in [5.74, 6) is 0.632. The first kappa shape index (κ1) is 15.3. The van der Waals surface area contributed by atoms with Crippen molar-refractivity contribution >= 4 is 16.8 Å². The van der Waals surface area contributed by atoms with Crippen molar-refractivity contribution < 1.29 is 9.13 Å².